The van der Waals surface area contributed by atoms with E-state index in [1.54, 1.807) is 55.5 Å². The summed E-state index contributed by atoms with van der Waals surface area (Å²) in [6, 6.07) is 14.4. The Balaban J connectivity index is 1.92. The topological polar surface area (TPSA) is 90.9 Å². The number of rotatable bonds is 17. The Labute approximate surface area is 320 Å². The van der Waals surface area contributed by atoms with Crippen molar-refractivity contribution in [1.29, 1.82) is 0 Å². The minimum Gasteiger partial charge on any atom is -0.348 e. The molecular weight excluding hydrogens is 681 g/mol. The van der Waals surface area contributed by atoms with Crippen molar-refractivity contribution >= 4 is 46.2 Å². The van der Waals surface area contributed by atoms with E-state index in [1.165, 1.54) is 19.8 Å². The van der Waals surface area contributed by atoms with Crippen LogP contribution in [0.3, 0.4) is 0 Å². The van der Waals surface area contributed by atoms with Gasteiger partial charge in [0.1, 0.15) is 0 Å². The van der Waals surface area contributed by atoms with Gasteiger partial charge in [0.15, 0.2) is 5.13 Å². The molecule has 0 bridgehead atoms. The Morgan fingerprint density at radius 2 is 1.36 bits per heavy atom. The molecule has 0 saturated carbocycles. The molecule has 2 aromatic carbocycles. The van der Waals surface area contributed by atoms with Crippen molar-refractivity contribution in [3.63, 3.8) is 0 Å². The standard InChI is InChI=1S/C44H58N4O4S/c1-10-14-22-34(12-3)27-46(28-35(13-4)23-15-11-2)44-45-40(39-29(5)20-19-21-30(39)6)38(53-44)26-37-31(7)32(8)41(50)48(43(37)52)47(33(9)49)42(51)36-24-17-16-18-25-36/h16-21,24-26,34-35H,10-15,22-23,27-28H2,1-9H3/b37-26-. The number of amides is 4. The summed E-state index contributed by atoms with van der Waals surface area (Å²) in [4.78, 5) is 63.7. The number of anilines is 1. The maximum absolute atomic E-state index is 14.5. The van der Waals surface area contributed by atoms with Gasteiger partial charge in [-0.25, -0.2) is 4.98 Å². The highest BCUT2D eigenvalue weighted by atomic mass is 32.1. The molecule has 0 spiro atoms. The number of imide groups is 2. The summed E-state index contributed by atoms with van der Waals surface area (Å²) in [6.45, 7) is 19.6. The van der Waals surface area contributed by atoms with Crippen molar-refractivity contribution in [1.82, 2.24) is 15.0 Å². The van der Waals surface area contributed by atoms with Gasteiger partial charge in [0.05, 0.1) is 10.6 Å². The van der Waals surface area contributed by atoms with Gasteiger partial charge in [-0.05, 0) is 87.3 Å². The van der Waals surface area contributed by atoms with Gasteiger partial charge in [0.25, 0.3) is 17.7 Å². The second-order valence-electron chi connectivity index (χ2n) is 14.4. The van der Waals surface area contributed by atoms with Crippen molar-refractivity contribution in [2.24, 2.45) is 11.8 Å². The van der Waals surface area contributed by atoms with Crippen LogP contribution in [-0.2, 0) is 14.4 Å². The first-order valence-electron chi connectivity index (χ1n) is 19.4. The summed E-state index contributed by atoms with van der Waals surface area (Å²) in [5.74, 6) is -1.86. The normalized spacial score (nSPS) is 15.3. The molecule has 0 radical (unpaired) electrons. The summed E-state index contributed by atoms with van der Waals surface area (Å²) in [6.07, 6.45) is 11.0. The zero-order valence-corrected chi connectivity index (χ0v) is 34.1. The average molecular weight is 739 g/mol. The molecule has 1 aliphatic heterocycles. The van der Waals surface area contributed by atoms with Gasteiger partial charge < -0.3 is 4.90 Å². The van der Waals surface area contributed by atoms with Gasteiger partial charge >= 0.3 is 0 Å². The summed E-state index contributed by atoms with van der Waals surface area (Å²) in [5.41, 5.74) is 5.16. The Hall–Kier alpha value is -4.37. The van der Waals surface area contributed by atoms with Crippen LogP contribution in [0.5, 0.6) is 0 Å². The van der Waals surface area contributed by atoms with E-state index >= 15 is 0 Å². The zero-order chi connectivity index (χ0) is 38.8. The fourth-order valence-corrected chi connectivity index (χ4v) is 8.09. The van der Waals surface area contributed by atoms with Crippen LogP contribution in [0.4, 0.5) is 5.13 Å². The molecule has 4 amide bonds. The molecule has 1 aliphatic rings. The van der Waals surface area contributed by atoms with Crippen LogP contribution in [0.2, 0.25) is 0 Å². The molecule has 53 heavy (non-hydrogen) atoms. The summed E-state index contributed by atoms with van der Waals surface area (Å²) < 4.78 is 0. The van der Waals surface area contributed by atoms with Crippen molar-refractivity contribution in [3.8, 4) is 11.3 Å². The lowest BCUT2D eigenvalue weighted by atomic mass is 9.94. The molecule has 0 saturated heterocycles. The lowest BCUT2D eigenvalue weighted by Crippen LogP contribution is -2.57. The quantitative estimate of drug-likeness (QED) is 0.101. The van der Waals surface area contributed by atoms with Crippen LogP contribution < -0.4 is 4.90 Å². The Bertz CT molecular complexity index is 1800. The van der Waals surface area contributed by atoms with E-state index in [1.807, 2.05) is 12.1 Å². The van der Waals surface area contributed by atoms with Crippen LogP contribution in [-0.4, -0.2) is 51.7 Å². The van der Waals surface area contributed by atoms with Gasteiger partial charge in [0, 0.05) is 42.3 Å². The predicted octanol–water partition coefficient (Wildman–Crippen LogP) is 10.4. The average Bonchev–Trinajstić information content (AvgIpc) is 3.56. The van der Waals surface area contributed by atoms with Crippen molar-refractivity contribution < 1.29 is 19.2 Å². The van der Waals surface area contributed by atoms with Crippen molar-refractivity contribution in [2.45, 2.75) is 114 Å². The fourth-order valence-electron chi connectivity index (χ4n) is 7.06. The maximum atomic E-state index is 14.5. The number of unbranched alkanes of at least 4 members (excludes halogenated alkanes) is 2. The monoisotopic (exact) mass is 738 g/mol. The second kappa shape index (κ2) is 19.1. The molecule has 0 aliphatic carbocycles. The van der Waals surface area contributed by atoms with E-state index in [0.29, 0.717) is 27.4 Å². The van der Waals surface area contributed by atoms with Gasteiger partial charge in [0.2, 0.25) is 5.91 Å². The smallest absolute Gasteiger partial charge is 0.280 e. The first kappa shape index (κ1) is 41.4. The summed E-state index contributed by atoms with van der Waals surface area (Å²) in [5, 5.41) is 2.29. The van der Waals surface area contributed by atoms with E-state index in [-0.39, 0.29) is 16.7 Å². The number of carbonyl (C=O) groups is 4. The molecule has 8 nitrogen and oxygen atoms in total. The lowest BCUT2D eigenvalue weighted by Gasteiger charge is -2.35. The molecule has 2 atom stereocenters. The van der Waals surface area contributed by atoms with E-state index in [2.05, 4.69) is 58.6 Å². The SMILES string of the molecule is CCCCC(CC)CN(CC(CC)CCCC)c1nc(-c2c(C)cccc2C)c(/C=C2\C(=O)N(N(C(C)=O)C(=O)c3ccccc3)C(=O)C(C)=C2C)s1. The largest absolute Gasteiger partial charge is 0.348 e. The zero-order valence-electron chi connectivity index (χ0n) is 33.3. The van der Waals surface area contributed by atoms with E-state index in [4.69, 9.17) is 4.98 Å². The lowest BCUT2D eigenvalue weighted by molar-refractivity contribution is -0.163. The van der Waals surface area contributed by atoms with Crippen LogP contribution in [0, 0.1) is 25.7 Å². The highest BCUT2D eigenvalue weighted by Gasteiger charge is 2.42. The number of hydrogen-bond acceptors (Lipinski definition) is 7. The highest BCUT2D eigenvalue weighted by Crippen LogP contribution is 2.40. The maximum Gasteiger partial charge on any atom is 0.280 e. The minimum absolute atomic E-state index is 0.191. The van der Waals surface area contributed by atoms with Gasteiger partial charge in [-0.15, -0.1) is 0 Å². The molecule has 0 N–H and O–H groups in total. The number of hydrogen-bond donors (Lipinski definition) is 0. The van der Waals surface area contributed by atoms with Gasteiger partial charge in [-0.2, -0.15) is 10.0 Å². The summed E-state index contributed by atoms with van der Waals surface area (Å²) in [7, 11) is 0. The molecule has 1 aromatic heterocycles. The van der Waals surface area contributed by atoms with Gasteiger partial charge in [-0.1, -0.05) is 114 Å². The van der Waals surface area contributed by atoms with Gasteiger partial charge in [-0.3, -0.25) is 19.2 Å². The van der Waals surface area contributed by atoms with E-state index < -0.39 is 23.6 Å². The number of thiazole rings is 1. The molecule has 4 rings (SSSR count). The predicted molar refractivity (Wildman–Crippen MR) is 217 cm³/mol. The van der Waals surface area contributed by atoms with Crippen LogP contribution in [0.15, 0.2) is 65.3 Å². The third kappa shape index (κ3) is 9.60. The van der Waals surface area contributed by atoms with Crippen molar-refractivity contribution in [3.05, 3.63) is 86.8 Å². The number of nitrogens with zero attached hydrogens (tertiary/aromatic N) is 4. The van der Waals surface area contributed by atoms with Crippen molar-refractivity contribution in [2.75, 3.05) is 18.0 Å². The molecular formula is C44H58N4O4S. The fraction of sp³-hybridized carbons (Fsp3) is 0.477. The second-order valence-corrected chi connectivity index (χ2v) is 15.5. The first-order chi connectivity index (χ1) is 25.4. The summed E-state index contributed by atoms with van der Waals surface area (Å²) >= 11 is 1.56. The molecule has 0 fully saturated rings. The van der Waals surface area contributed by atoms with Crippen LogP contribution >= 0.6 is 11.3 Å². The van der Waals surface area contributed by atoms with Crippen LogP contribution in [0.1, 0.15) is 126 Å². The number of carbonyl (C=O) groups excluding carboxylic acids is 4. The molecule has 2 heterocycles. The number of aromatic nitrogens is 1. The molecule has 284 valence electrons. The third-order valence-corrected chi connectivity index (χ3v) is 11.6. The Morgan fingerprint density at radius 3 is 1.87 bits per heavy atom. The first-order valence-corrected chi connectivity index (χ1v) is 20.2. The van der Waals surface area contributed by atoms with Crippen LogP contribution in [0.25, 0.3) is 17.3 Å². The third-order valence-electron chi connectivity index (χ3n) is 10.6. The highest BCUT2D eigenvalue weighted by molar-refractivity contribution is 7.17. The Morgan fingerprint density at radius 1 is 0.792 bits per heavy atom. The number of benzene rings is 2. The molecule has 9 heteroatoms. The van der Waals surface area contributed by atoms with E-state index in [0.717, 1.165) is 84.0 Å². The van der Waals surface area contributed by atoms with E-state index in [9.17, 15) is 19.2 Å². The minimum atomic E-state index is -0.749. The number of hydrazine groups is 1. The Kier molecular flexibility index (Phi) is 14.9. The molecule has 2 unspecified atom stereocenters. The number of aryl methyl sites for hydroxylation is 2. The molecule has 3 aromatic rings.